The fourth-order valence-electron chi connectivity index (χ4n) is 2.13. The Balaban J connectivity index is 1.60. The Morgan fingerprint density at radius 3 is 2.50 bits per heavy atom. The molecule has 26 heavy (non-hydrogen) atoms. The number of aromatic nitrogens is 1. The van der Waals surface area contributed by atoms with Crippen molar-refractivity contribution in [3.05, 3.63) is 69.6 Å². The molecule has 0 atom stereocenters. The number of nitrogens with one attached hydrogen (secondary N) is 3. The normalized spacial score (nSPS) is 10.2. The van der Waals surface area contributed by atoms with Crippen LogP contribution in [0.25, 0.3) is 0 Å². The summed E-state index contributed by atoms with van der Waals surface area (Å²) in [6.07, 6.45) is 0. The molecule has 3 aromatic rings. The number of hydrogen-bond donors (Lipinski definition) is 3. The van der Waals surface area contributed by atoms with E-state index in [-0.39, 0.29) is 11.6 Å². The zero-order chi connectivity index (χ0) is 18.5. The summed E-state index contributed by atoms with van der Waals surface area (Å²) in [4.78, 5) is 28.4. The SMILES string of the molecule is Cc1cc(NC(=O)c2csc(NC(=O)Nc3ccccc3)n2)ccc1Br. The number of amides is 3. The van der Waals surface area contributed by atoms with E-state index in [1.54, 1.807) is 23.6 Å². The summed E-state index contributed by atoms with van der Waals surface area (Å²) < 4.78 is 0.972. The van der Waals surface area contributed by atoms with E-state index >= 15 is 0 Å². The quantitative estimate of drug-likeness (QED) is 0.537. The predicted octanol–water partition coefficient (Wildman–Crippen LogP) is 5.11. The number of carbonyl (C=O) groups excluding carboxylic acids is 2. The molecule has 0 radical (unpaired) electrons. The third-order valence-corrected chi connectivity index (χ3v) is 5.05. The van der Waals surface area contributed by atoms with Gasteiger partial charge >= 0.3 is 6.03 Å². The van der Waals surface area contributed by atoms with Crippen molar-refractivity contribution in [2.75, 3.05) is 16.0 Å². The van der Waals surface area contributed by atoms with Gasteiger partial charge in [0.25, 0.3) is 5.91 Å². The molecular formula is C18H15BrN4O2S. The van der Waals surface area contributed by atoms with Crippen molar-refractivity contribution in [2.24, 2.45) is 0 Å². The molecule has 0 aliphatic carbocycles. The molecule has 1 aromatic heterocycles. The van der Waals surface area contributed by atoms with E-state index in [2.05, 4.69) is 36.9 Å². The van der Waals surface area contributed by atoms with Gasteiger partial charge in [-0.3, -0.25) is 10.1 Å². The van der Waals surface area contributed by atoms with Gasteiger partial charge in [-0.15, -0.1) is 11.3 Å². The minimum atomic E-state index is -0.416. The van der Waals surface area contributed by atoms with Crippen LogP contribution in [0.3, 0.4) is 0 Å². The van der Waals surface area contributed by atoms with Crippen molar-refractivity contribution in [1.29, 1.82) is 0 Å². The summed E-state index contributed by atoms with van der Waals surface area (Å²) in [5, 5.41) is 10.0. The topological polar surface area (TPSA) is 83.1 Å². The summed E-state index contributed by atoms with van der Waals surface area (Å²) >= 11 is 4.60. The lowest BCUT2D eigenvalue weighted by Gasteiger charge is -2.06. The standard InChI is InChI=1S/C18H15BrN4O2S/c1-11-9-13(7-8-14(11)19)20-16(24)15-10-26-18(22-15)23-17(25)21-12-5-3-2-4-6-12/h2-10H,1H3,(H,20,24)(H2,21,22,23,25). The molecular weight excluding hydrogens is 416 g/mol. The Labute approximate surface area is 162 Å². The van der Waals surface area contributed by atoms with E-state index < -0.39 is 6.03 Å². The number of para-hydroxylation sites is 1. The fourth-order valence-corrected chi connectivity index (χ4v) is 3.07. The molecule has 0 aliphatic rings. The smallest absolute Gasteiger partial charge is 0.321 e. The van der Waals surface area contributed by atoms with E-state index in [4.69, 9.17) is 0 Å². The van der Waals surface area contributed by atoms with Crippen molar-refractivity contribution in [3.63, 3.8) is 0 Å². The van der Waals surface area contributed by atoms with E-state index in [1.807, 2.05) is 37.3 Å². The lowest BCUT2D eigenvalue weighted by molar-refractivity contribution is 0.102. The van der Waals surface area contributed by atoms with Crippen molar-refractivity contribution in [2.45, 2.75) is 6.92 Å². The van der Waals surface area contributed by atoms with Crippen LogP contribution in [0.4, 0.5) is 21.3 Å². The highest BCUT2D eigenvalue weighted by Crippen LogP contribution is 2.21. The zero-order valence-corrected chi connectivity index (χ0v) is 16.1. The zero-order valence-electron chi connectivity index (χ0n) is 13.7. The maximum atomic E-state index is 12.3. The average molecular weight is 431 g/mol. The van der Waals surface area contributed by atoms with Gasteiger partial charge in [-0.25, -0.2) is 9.78 Å². The molecule has 1 heterocycles. The van der Waals surface area contributed by atoms with Gasteiger partial charge in [-0.2, -0.15) is 0 Å². The van der Waals surface area contributed by atoms with Gasteiger partial charge in [-0.1, -0.05) is 34.1 Å². The molecule has 0 saturated heterocycles. The summed E-state index contributed by atoms with van der Waals surface area (Å²) in [6, 6.07) is 14.2. The molecule has 132 valence electrons. The lowest BCUT2D eigenvalue weighted by atomic mass is 10.2. The monoisotopic (exact) mass is 430 g/mol. The van der Waals surface area contributed by atoms with Gasteiger partial charge in [0.05, 0.1) is 0 Å². The van der Waals surface area contributed by atoms with Crippen molar-refractivity contribution >= 4 is 55.7 Å². The first-order valence-corrected chi connectivity index (χ1v) is 9.34. The molecule has 6 nitrogen and oxygen atoms in total. The summed E-state index contributed by atoms with van der Waals surface area (Å²) in [7, 11) is 0. The number of urea groups is 1. The highest BCUT2D eigenvalue weighted by molar-refractivity contribution is 9.10. The third kappa shape index (κ3) is 4.68. The second-order valence-corrected chi connectivity index (χ2v) is 7.11. The number of hydrogen-bond acceptors (Lipinski definition) is 4. The lowest BCUT2D eigenvalue weighted by Crippen LogP contribution is -2.19. The number of thiazole rings is 1. The van der Waals surface area contributed by atoms with Crippen LogP contribution in [0.15, 0.2) is 58.4 Å². The molecule has 3 rings (SSSR count). The van der Waals surface area contributed by atoms with Gasteiger partial charge < -0.3 is 10.6 Å². The predicted molar refractivity (Wildman–Crippen MR) is 108 cm³/mol. The first-order chi connectivity index (χ1) is 12.5. The number of carbonyl (C=O) groups is 2. The molecule has 3 amide bonds. The van der Waals surface area contributed by atoms with Crippen LogP contribution in [0.5, 0.6) is 0 Å². The summed E-state index contributed by atoms with van der Waals surface area (Å²) in [5.74, 6) is -0.334. The Morgan fingerprint density at radius 2 is 1.77 bits per heavy atom. The maximum absolute atomic E-state index is 12.3. The van der Waals surface area contributed by atoms with Crippen LogP contribution >= 0.6 is 27.3 Å². The number of halogens is 1. The number of nitrogens with zero attached hydrogens (tertiary/aromatic N) is 1. The molecule has 2 aromatic carbocycles. The molecule has 0 saturated carbocycles. The van der Waals surface area contributed by atoms with Crippen LogP contribution in [0.1, 0.15) is 16.1 Å². The minimum absolute atomic E-state index is 0.241. The summed E-state index contributed by atoms with van der Waals surface area (Å²) in [5.41, 5.74) is 2.61. The minimum Gasteiger partial charge on any atom is -0.321 e. The van der Waals surface area contributed by atoms with E-state index in [0.29, 0.717) is 16.5 Å². The van der Waals surface area contributed by atoms with E-state index in [0.717, 1.165) is 10.0 Å². The Hall–Kier alpha value is -2.71. The fraction of sp³-hybridized carbons (Fsp3) is 0.0556. The Kier molecular flexibility index (Phi) is 5.65. The van der Waals surface area contributed by atoms with Crippen LogP contribution in [-0.4, -0.2) is 16.9 Å². The second kappa shape index (κ2) is 8.11. The Bertz CT molecular complexity index is 943. The average Bonchev–Trinajstić information content (AvgIpc) is 3.07. The van der Waals surface area contributed by atoms with Crippen LogP contribution in [0.2, 0.25) is 0 Å². The number of aryl methyl sites for hydroxylation is 1. The van der Waals surface area contributed by atoms with Crippen LogP contribution in [0, 0.1) is 6.92 Å². The number of anilines is 3. The molecule has 3 N–H and O–H groups in total. The summed E-state index contributed by atoms with van der Waals surface area (Å²) in [6.45, 7) is 1.94. The number of benzene rings is 2. The van der Waals surface area contributed by atoms with Crippen molar-refractivity contribution in [1.82, 2.24) is 4.98 Å². The molecule has 0 aliphatic heterocycles. The highest BCUT2D eigenvalue weighted by Gasteiger charge is 2.13. The molecule has 0 spiro atoms. The first kappa shape index (κ1) is 18.1. The largest absolute Gasteiger partial charge is 0.325 e. The van der Waals surface area contributed by atoms with Gasteiger partial charge in [0, 0.05) is 21.2 Å². The number of rotatable bonds is 4. The van der Waals surface area contributed by atoms with E-state index in [1.165, 1.54) is 11.3 Å². The maximum Gasteiger partial charge on any atom is 0.325 e. The third-order valence-electron chi connectivity index (χ3n) is 3.40. The van der Waals surface area contributed by atoms with Gasteiger partial charge in [0.1, 0.15) is 5.69 Å². The van der Waals surface area contributed by atoms with E-state index in [9.17, 15) is 9.59 Å². The van der Waals surface area contributed by atoms with Gasteiger partial charge in [-0.05, 0) is 42.8 Å². The first-order valence-electron chi connectivity index (χ1n) is 7.67. The molecule has 0 bridgehead atoms. The van der Waals surface area contributed by atoms with Gasteiger partial charge in [0.15, 0.2) is 5.13 Å². The highest BCUT2D eigenvalue weighted by atomic mass is 79.9. The Morgan fingerprint density at radius 1 is 1.00 bits per heavy atom. The second-order valence-electron chi connectivity index (χ2n) is 5.40. The van der Waals surface area contributed by atoms with Crippen molar-refractivity contribution < 1.29 is 9.59 Å². The van der Waals surface area contributed by atoms with Crippen LogP contribution < -0.4 is 16.0 Å². The van der Waals surface area contributed by atoms with Crippen molar-refractivity contribution in [3.8, 4) is 0 Å². The molecule has 8 heteroatoms. The molecule has 0 fully saturated rings. The van der Waals surface area contributed by atoms with Gasteiger partial charge in [0.2, 0.25) is 0 Å². The molecule has 0 unspecified atom stereocenters. The van der Waals surface area contributed by atoms with Crippen LogP contribution in [-0.2, 0) is 0 Å².